The van der Waals surface area contributed by atoms with Crippen LogP contribution in [0.15, 0.2) is 41.1 Å². The van der Waals surface area contributed by atoms with Crippen molar-refractivity contribution in [2.24, 2.45) is 5.84 Å². The molecule has 0 radical (unpaired) electrons. The zero-order valence-corrected chi connectivity index (χ0v) is 9.40. The Morgan fingerprint density at radius 3 is 2.53 bits per heavy atom. The van der Waals surface area contributed by atoms with E-state index in [1.165, 1.54) is 0 Å². The number of hydrazine groups is 1. The Hall–Kier alpha value is -1.46. The molecule has 3 N–H and O–H groups in total. The molecule has 2 rings (SSSR count). The molecule has 0 saturated heterocycles. The molecule has 1 heterocycles. The first kappa shape index (κ1) is 10.1. The maximum atomic E-state index is 5.26. The number of rotatable bonds is 2. The molecule has 0 fully saturated rings. The lowest BCUT2D eigenvalue weighted by atomic mass is 10.2. The number of anilines is 1. The van der Waals surface area contributed by atoms with E-state index in [1.807, 2.05) is 30.3 Å². The van der Waals surface area contributed by atoms with Crippen LogP contribution in [0, 0.1) is 0 Å². The number of aromatic nitrogens is 2. The van der Waals surface area contributed by atoms with E-state index in [1.54, 1.807) is 6.20 Å². The molecule has 1 aromatic carbocycles. The van der Waals surface area contributed by atoms with Gasteiger partial charge >= 0.3 is 0 Å². The number of halogens is 1. The van der Waals surface area contributed by atoms with Crippen LogP contribution in [0.2, 0.25) is 0 Å². The molecule has 0 atom stereocenters. The average Bonchev–Trinajstić information content (AvgIpc) is 2.30. The van der Waals surface area contributed by atoms with Gasteiger partial charge in [-0.3, -0.25) is 0 Å². The summed E-state index contributed by atoms with van der Waals surface area (Å²) in [7, 11) is 0. The maximum Gasteiger partial charge on any atom is 0.173 e. The van der Waals surface area contributed by atoms with Crippen LogP contribution < -0.4 is 11.3 Å². The molecule has 1 aromatic heterocycles. The van der Waals surface area contributed by atoms with Crippen molar-refractivity contribution in [2.45, 2.75) is 0 Å². The highest BCUT2D eigenvalue weighted by molar-refractivity contribution is 9.10. The normalized spacial score (nSPS) is 10.0. The van der Waals surface area contributed by atoms with Gasteiger partial charge in [-0.15, -0.1) is 0 Å². The lowest BCUT2D eigenvalue weighted by Crippen LogP contribution is -2.09. The molecular formula is C10H9BrN4. The number of benzene rings is 1. The van der Waals surface area contributed by atoms with Crippen molar-refractivity contribution < 1.29 is 0 Å². The van der Waals surface area contributed by atoms with Gasteiger partial charge in [0.15, 0.2) is 5.82 Å². The Morgan fingerprint density at radius 2 is 1.93 bits per heavy atom. The lowest BCUT2D eigenvalue weighted by molar-refractivity contribution is 1.13. The van der Waals surface area contributed by atoms with Crippen LogP contribution in [-0.2, 0) is 0 Å². The van der Waals surface area contributed by atoms with Gasteiger partial charge in [-0.25, -0.2) is 15.8 Å². The Bertz CT molecular complexity index is 458. The summed E-state index contributed by atoms with van der Waals surface area (Å²) in [5, 5.41) is 0. The molecule has 4 nitrogen and oxygen atoms in total. The second-order valence-corrected chi connectivity index (χ2v) is 3.66. The Morgan fingerprint density at radius 1 is 1.20 bits per heavy atom. The Labute approximate surface area is 95.7 Å². The number of nitrogens with two attached hydrogens (primary N) is 1. The van der Waals surface area contributed by atoms with Crippen molar-refractivity contribution in [1.29, 1.82) is 0 Å². The van der Waals surface area contributed by atoms with E-state index in [0.717, 1.165) is 11.3 Å². The molecular weight excluding hydrogens is 256 g/mol. The number of nitrogens with one attached hydrogen (secondary N) is 1. The fourth-order valence-corrected chi connectivity index (χ4v) is 1.62. The molecule has 0 bridgehead atoms. The SMILES string of the molecule is NNc1ncc(-c2ccccc2)nc1Br. The fourth-order valence-electron chi connectivity index (χ4n) is 1.21. The zero-order valence-electron chi connectivity index (χ0n) is 7.81. The summed E-state index contributed by atoms with van der Waals surface area (Å²) in [6.07, 6.45) is 1.68. The molecule has 2 aromatic rings. The average molecular weight is 265 g/mol. The second kappa shape index (κ2) is 4.37. The van der Waals surface area contributed by atoms with Gasteiger partial charge in [0.2, 0.25) is 0 Å². The van der Waals surface area contributed by atoms with Gasteiger partial charge in [0, 0.05) is 5.56 Å². The molecule has 0 aliphatic carbocycles. The van der Waals surface area contributed by atoms with Crippen LogP contribution in [0.5, 0.6) is 0 Å². The van der Waals surface area contributed by atoms with Crippen LogP contribution in [-0.4, -0.2) is 9.97 Å². The van der Waals surface area contributed by atoms with Crippen LogP contribution >= 0.6 is 15.9 Å². The molecule has 0 aliphatic rings. The lowest BCUT2D eigenvalue weighted by Gasteiger charge is -2.04. The Balaban J connectivity index is 2.43. The van der Waals surface area contributed by atoms with E-state index in [2.05, 4.69) is 31.3 Å². The highest BCUT2D eigenvalue weighted by Crippen LogP contribution is 2.21. The third-order valence-corrected chi connectivity index (χ3v) is 2.49. The molecule has 0 amide bonds. The van der Waals surface area contributed by atoms with Crippen LogP contribution in [0.4, 0.5) is 5.82 Å². The summed E-state index contributed by atoms with van der Waals surface area (Å²) in [4.78, 5) is 8.45. The van der Waals surface area contributed by atoms with Crippen molar-refractivity contribution in [2.75, 3.05) is 5.43 Å². The van der Waals surface area contributed by atoms with Crippen LogP contribution in [0.1, 0.15) is 0 Å². The fraction of sp³-hybridized carbons (Fsp3) is 0. The summed E-state index contributed by atoms with van der Waals surface area (Å²) >= 11 is 3.29. The van der Waals surface area contributed by atoms with E-state index in [4.69, 9.17) is 5.84 Å². The predicted octanol–water partition coefficient (Wildman–Crippen LogP) is 2.19. The highest BCUT2D eigenvalue weighted by atomic mass is 79.9. The summed E-state index contributed by atoms with van der Waals surface area (Å²) in [6.45, 7) is 0. The van der Waals surface area contributed by atoms with Crippen molar-refractivity contribution in [3.05, 3.63) is 41.1 Å². The van der Waals surface area contributed by atoms with Crippen molar-refractivity contribution in [3.8, 4) is 11.3 Å². The first-order valence-electron chi connectivity index (χ1n) is 4.36. The third-order valence-electron chi connectivity index (χ3n) is 1.94. The summed E-state index contributed by atoms with van der Waals surface area (Å²) in [5.41, 5.74) is 4.28. The van der Waals surface area contributed by atoms with E-state index in [-0.39, 0.29) is 0 Å². The molecule has 5 heteroatoms. The largest absolute Gasteiger partial charge is 0.306 e. The van der Waals surface area contributed by atoms with E-state index >= 15 is 0 Å². The monoisotopic (exact) mass is 264 g/mol. The van der Waals surface area contributed by atoms with E-state index in [0.29, 0.717) is 10.4 Å². The highest BCUT2D eigenvalue weighted by Gasteiger charge is 2.04. The molecule has 15 heavy (non-hydrogen) atoms. The molecule has 0 unspecified atom stereocenters. The topological polar surface area (TPSA) is 63.8 Å². The van der Waals surface area contributed by atoms with Crippen LogP contribution in [0.3, 0.4) is 0 Å². The minimum atomic E-state index is 0.523. The van der Waals surface area contributed by atoms with E-state index < -0.39 is 0 Å². The van der Waals surface area contributed by atoms with Gasteiger partial charge in [-0.2, -0.15) is 0 Å². The molecule has 76 valence electrons. The second-order valence-electron chi connectivity index (χ2n) is 2.91. The summed E-state index contributed by atoms with van der Waals surface area (Å²) in [6, 6.07) is 9.83. The first-order chi connectivity index (χ1) is 7.31. The van der Waals surface area contributed by atoms with Crippen molar-refractivity contribution in [1.82, 2.24) is 9.97 Å². The van der Waals surface area contributed by atoms with Gasteiger partial charge in [-0.1, -0.05) is 30.3 Å². The predicted molar refractivity (Wildman–Crippen MR) is 63.0 cm³/mol. The minimum absolute atomic E-state index is 0.523. The molecule has 0 aliphatic heterocycles. The quantitative estimate of drug-likeness (QED) is 0.645. The minimum Gasteiger partial charge on any atom is -0.306 e. The number of hydrogen-bond donors (Lipinski definition) is 2. The Kier molecular flexibility index (Phi) is 2.94. The summed E-state index contributed by atoms with van der Waals surface area (Å²) in [5.74, 6) is 5.78. The van der Waals surface area contributed by atoms with E-state index in [9.17, 15) is 0 Å². The van der Waals surface area contributed by atoms with Crippen molar-refractivity contribution in [3.63, 3.8) is 0 Å². The van der Waals surface area contributed by atoms with Crippen LogP contribution in [0.25, 0.3) is 11.3 Å². The number of nitrogen functional groups attached to an aromatic ring is 1. The molecule has 0 spiro atoms. The standard InChI is InChI=1S/C10H9BrN4/c11-9-10(15-12)13-6-8(14-9)7-4-2-1-3-5-7/h1-6H,12H2,(H,13,15). The van der Waals surface area contributed by atoms with Gasteiger partial charge in [0.05, 0.1) is 11.9 Å². The summed E-state index contributed by atoms with van der Waals surface area (Å²) < 4.78 is 0.603. The first-order valence-corrected chi connectivity index (χ1v) is 5.15. The number of hydrogen-bond acceptors (Lipinski definition) is 4. The van der Waals surface area contributed by atoms with Gasteiger partial charge in [0.1, 0.15) is 4.60 Å². The smallest absolute Gasteiger partial charge is 0.173 e. The third kappa shape index (κ3) is 2.14. The van der Waals surface area contributed by atoms with Crippen molar-refractivity contribution >= 4 is 21.7 Å². The zero-order chi connectivity index (χ0) is 10.7. The maximum absolute atomic E-state index is 5.26. The molecule has 0 saturated carbocycles. The number of nitrogens with zero attached hydrogens (tertiary/aromatic N) is 2. The van der Waals surface area contributed by atoms with Gasteiger partial charge < -0.3 is 5.43 Å². The van der Waals surface area contributed by atoms with Gasteiger partial charge in [0.25, 0.3) is 0 Å². The van der Waals surface area contributed by atoms with Gasteiger partial charge in [-0.05, 0) is 15.9 Å².